The molecule has 0 unspecified atom stereocenters. The summed E-state index contributed by atoms with van der Waals surface area (Å²) >= 11 is 6.46. The number of aryl methyl sites for hydroxylation is 2. The van der Waals surface area contributed by atoms with Crippen molar-refractivity contribution in [2.75, 3.05) is 12.0 Å². The molecule has 0 N–H and O–H groups in total. The van der Waals surface area contributed by atoms with Gasteiger partial charge in [0.2, 0.25) is 5.91 Å². The van der Waals surface area contributed by atoms with Crippen LogP contribution < -0.4 is 9.64 Å². The van der Waals surface area contributed by atoms with E-state index in [1.54, 1.807) is 7.11 Å². The molecule has 8 heteroatoms. The summed E-state index contributed by atoms with van der Waals surface area (Å²) in [6.07, 6.45) is 11.1. The molecule has 1 saturated carbocycles. The Labute approximate surface area is 227 Å². The van der Waals surface area contributed by atoms with Gasteiger partial charge in [0, 0.05) is 35.8 Å². The second-order valence-electron chi connectivity index (χ2n) is 10.6. The van der Waals surface area contributed by atoms with Gasteiger partial charge in [-0.3, -0.25) is 4.79 Å². The summed E-state index contributed by atoms with van der Waals surface area (Å²) in [6, 6.07) is 11.5. The fourth-order valence-corrected chi connectivity index (χ4v) is 6.34. The van der Waals surface area contributed by atoms with Crippen molar-refractivity contribution in [1.82, 2.24) is 14.7 Å². The molecule has 4 aromatic rings. The summed E-state index contributed by atoms with van der Waals surface area (Å²) in [5.41, 5.74) is 4.33. The number of benzene rings is 2. The summed E-state index contributed by atoms with van der Waals surface area (Å²) in [7, 11) is 1.59. The largest absolute Gasteiger partial charge is 0.495 e. The van der Waals surface area contributed by atoms with Crippen molar-refractivity contribution in [3.8, 4) is 17.0 Å². The fourth-order valence-electron chi connectivity index (χ4n) is 6.09. The third kappa shape index (κ3) is 4.68. The molecule has 0 radical (unpaired) electrons. The number of hydrogen-bond donors (Lipinski definition) is 0. The summed E-state index contributed by atoms with van der Waals surface area (Å²) in [5, 5.41) is 5.58. The number of carbonyl (C=O) groups excluding carboxylic acids is 1. The molecule has 198 valence electrons. The Morgan fingerprint density at radius 1 is 1.11 bits per heavy atom. The zero-order valence-electron chi connectivity index (χ0n) is 22.0. The first kappa shape index (κ1) is 25.0. The molecule has 1 saturated heterocycles. The van der Waals surface area contributed by atoms with Crippen LogP contribution in [0.5, 0.6) is 5.75 Å². The molecular formula is C30H33ClN4O3. The van der Waals surface area contributed by atoms with Gasteiger partial charge in [-0.1, -0.05) is 48.9 Å². The Balaban J connectivity index is 1.38. The van der Waals surface area contributed by atoms with Crippen LogP contribution in [0.2, 0.25) is 5.02 Å². The number of ether oxygens (including phenoxy) is 1. The SMILES string of the molecule is COc1ccc(N2C(=O)CC[C@H]2c2nc(-c3ccc4onc(C)c4c3)cn2CCC2CCCCC2)cc1Cl. The monoisotopic (exact) mass is 532 g/mol. The zero-order chi connectivity index (χ0) is 26.2. The lowest BCUT2D eigenvalue weighted by Crippen LogP contribution is -2.29. The van der Waals surface area contributed by atoms with E-state index < -0.39 is 0 Å². The Morgan fingerprint density at radius 3 is 2.74 bits per heavy atom. The quantitative estimate of drug-likeness (QED) is 0.246. The molecule has 1 aliphatic heterocycles. The number of carbonyl (C=O) groups is 1. The average molecular weight is 533 g/mol. The lowest BCUT2D eigenvalue weighted by Gasteiger charge is -2.26. The smallest absolute Gasteiger partial charge is 0.227 e. The van der Waals surface area contributed by atoms with Crippen molar-refractivity contribution in [3.05, 3.63) is 59.1 Å². The lowest BCUT2D eigenvalue weighted by atomic mass is 9.87. The molecule has 6 rings (SSSR count). The number of hydrogen-bond acceptors (Lipinski definition) is 5. The van der Waals surface area contributed by atoms with Gasteiger partial charge in [0.1, 0.15) is 11.6 Å². The van der Waals surface area contributed by atoms with Gasteiger partial charge >= 0.3 is 0 Å². The van der Waals surface area contributed by atoms with Crippen LogP contribution in [0.25, 0.3) is 22.2 Å². The van der Waals surface area contributed by atoms with Crippen molar-refractivity contribution in [3.63, 3.8) is 0 Å². The van der Waals surface area contributed by atoms with Crippen LogP contribution in [0.1, 0.15) is 68.9 Å². The van der Waals surface area contributed by atoms with E-state index in [1.165, 1.54) is 32.1 Å². The van der Waals surface area contributed by atoms with Crippen LogP contribution in [0.3, 0.4) is 0 Å². The van der Waals surface area contributed by atoms with Crippen molar-refractivity contribution < 1.29 is 14.1 Å². The molecule has 0 spiro atoms. The van der Waals surface area contributed by atoms with Crippen LogP contribution >= 0.6 is 11.6 Å². The van der Waals surface area contributed by atoms with E-state index in [0.717, 1.165) is 58.3 Å². The van der Waals surface area contributed by atoms with Crippen LogP contribution in [0.15, 0.2) is 47.1 Å². The van der Waals surface area contributed by atoms with E-state index in [-0.39, 0.29) is 11.9 Å². The van der Waals surface area contributed by atoms with Crippen molar-refractivity contribution in [1.29, 1.82) is 0 Å². The molecule has 1 atom stereocenters. The molecule has 1 amide bonds. The number of anilines is 1. The first-order valence-electron chi connectivity index (χ1n) is 13.6. The van der Waals surface area contributed by atoms with Gasteiger partial charge in [-0.05, 0) is 62.1 Å². The van der Waals surface area contributed by atoms with E-state index >= 15 is 0 Å². The maximum atomic E-state index is 13.2. The molecule has 7 nitrogen and oxygen atoms in total. The van der Waals surface area contributed by atoms with Gasteiger partial charge in [0.05, 0.1) is 29.6 Å². The van der Waals surface area contributed by atoms with E-state index in [0.29, 0.717) is 23.6 Å². The maximum absolute atomic E-state index is 13.2. The number of imidazole rings is 1. The molecule has 2 aromatic carbocycles. The number of nitrogens with zero attached hydrogens (tertiary/aromatic N) is 4. The van der Waals surface area contributed by atoms with Gasteiger partial charge in [0.25, 0.3) is 0 Å². The first-order valence-corrected chi connectivity index (χ1v) is 14.0. The minimum Gasteiger partial charge on any atom is -0.495 e. The Kier molecular flexibility index (Phi) is 6.87. The zero-order valence-corrected chi connectivity index (χ0v) is 22.7. The highest BCUT2D eigenvalue weighted by Crippen LogP contribution is 2.40. The molecule has 2 aromatic heterocycles. The highest BCUT2D eigenvalue weighted by Gasteiger charge is 2.37. The average Bonchev–Trinajstić information content (AvgIpc) is 3.64. The Morgan fingerprint density at radius 2 is 1.95 bits per heavy atom. The number of aromatic nitrogens is 3. The minimum absolute atomic E-state index is 0.0844. The summed E-state index contributed by atoms with van der Waals surface area (Å²) in [5.74, 6) is 2.35. The van der Waals surface area contributed by atoms with Gasteiger partial charge in [-0.25, -0.2) is 4.98 Å². The molecule has 2 fully saturated rings. The van der Waals surface area contributed by atoms with Crippen molar-refractivity contribution in [2.45, 2.75) is 70.9 Å². The van der Waals surface area contributed by atoms with Gasteiger partial charge in [-0.15, -0.1) is 0 Å². The number of rotatable bonds is 7. The minimum atomic E-state index is -0.159. The van der Waals surface area contributed by atoms with E-state index in [9.17, 15) is 4.79 Å². The Hall–Kier alpha value is -3.32. The third-order valence-electron chi connectivity index (χ3n) is 8.18. The number of methoxy groups -OCH3 is 1. The van der Waals surface area contributed by atoms with Crippen LogP contribution in [0.4, 0.5) is 5.69 Å². The summed E-state index contributed by atoms with van der Waals surface area (Å²) in [6.45, 7) is 2.84. The van der Waals surface area contributed by atoms with Crippen LogP contribution in [-0.4, -0.2) is 27.7 Å². The van der Waals surface area contributed by atoms with E-state index in [4.69, 9.17) is 25.8 Å². The van der Waals surface area contributed by atoms with E-state index in [2.05, 4.69) is 22.0 Å². The predicted molar refractivity (Wildman–Crippen MR) is 149 cm³/mol. The number of fused-ring (bicyclic) bond motifs is 1. The maximum Gasteiger partial charge on any atom is 0.227 e. The van der Waals surface area contributed by atoms with E-state index in [1.807, 2.05) is 42.2 Å². The van der Waals surface area contributed by atoms with Crippen LogP contribution in [-0.2, 0) is 11.3 Å². The number of amides is 1. The van der Waals surface area contributed by atoms with Gasteiger partial charge in [0.15, 0.2) is 5.58 Å². The molecule has 3 heterocycles. The standard InChI is InChI=1S/C30H33ClN4O3/c1-19-23-16-21(8-11-27(23)38-33-19)25-18-34(15-14-20-6-4-3-5-7-20)30(32-25)26-10-13-29(36)35(26)22-9-12-28(37-2)24(31)17-22/h8-9,11-12,16-18,20,26H,3-7,10,13-15H2,1-2H3/t26-/m0/s1. The number of halogens is 1. The van der Waals surface area contributed by atoms with Crippen molar-refractivity contribution in [2.24, 2.45) is 5.92 Å². The highest BCUT2D eigenvalue weighted by atomic mass is 35.5. The molecular weight excluding hydrogens is 500 g/mol. The summed E-state index contributed by atoms with van der Waals surface area (Å²) < 4.78 is 13.0. The summed E-state index contributed by atoms with van der Waals surface area (Å²) in [4.78, 5) is 20.2. The Bertz CT molecular complexity index is 1470. The second-order valence-corrected chi connectivity index (χ2v) is 11.0. The second kappa shape index (κ2) is 10.4. The lowest BCUT2D eigenvalue weighted by molar-refractivity contribution is -0.117. The molecule has 0 bridgehead atoms. The normalized spacial score (nSPS) is 18.6. The predicted octanol–water partition coefficient (Wildman–Crippen LogP) is 7.50. The highest BCUT2D eigenvalue weighted by molar-refractivity contribution is 6.32. The van der Waals surface area contributed by atoms with Crippen LogP contribution in [0, 0.1) is 12.8 Å². The van der Waals surface area contributed by atoms with Gasteiger partial charge < -0.3 is 18.7 Å². The van der Waals surface area contributed by atoms with Gasteiger partial charge in [-0.2, -0.15) is 0 Å². The molecule has 38 heavy (non-hydrogen) atoms. The molecule has 1 aliphatic carbocycles. The molecule has 2 aliphatic rings. The third-order valence-corrected chi connectivity index (χ3v) is 8.48. The topological polar surface area (TPSA) is 73.4 Å². The fraction of sp³-hybridized carbons (Fsp3) is 0.433. The van der Waals surface area contributed by atoms with Crippen molar-refractivity contribution >= 4 is 34.2 Å². The first-order chi connectivity index (χ1) is 18.5.